The van der Waals surface area contributed by atoms with Crippen LogP contribution in [0.15, 0.2) is 54.7 Å². The third-order valence-corrected chi connectivity index (χ3v) is 6.77. The highest BCUT2D eigenvalue weighted by molar-refractivity contribution is 5.59. The van der Waals surface area contributed by atoms with Crippen LogP contribution in [0.3, 0.4) is 0 Å². The van der Waals surface area contributed by atoms with E-state index in [0.717, 1.165) is 62.8 Å². The van der Waals surface area contributed by atoms with E-state index in [-0.39, 0.29) is 0 Å². The predicted octanol–water partition coefficient (Wildman–Crippen LogP) is 4.62. The van der Waals surface area contributed by atoms with Crippen LogP contribution >= 0.6 is 0 Å². The molecule has 1 aromatic heterocycles. The Labute approximate surface area is 186 Å². The molecular formula is C25H25F2N5. The molecule has 1 aliphatic carbocycles. The summed E-state index contributed by atoms with van der Waals surface area (Å²) in [7, 11) is 0. The van der Waals surface area contributed by atoms with Crippen LogP contribution in [-0.2, 0) is 0 Å². The summed E-state index contributed by atoms with van der Waals surface area (Å²) in [5.41, 5.74) is 3.01. The Bertz CT molecular complexity index is 1140. The first-order chi connectivity index (χ1) is 15.6. The van der Waals surface area contributed by atoms with Crippen molar-refractivity contribution in [3.8, 4) is 17.3 Å². The Morgan fingerprint density at radius 1 is 0.906 bits per heavy atom. The molecule has 0 spiro atoms. The van der Waals surface area contributed by atoms with Crippen LogP contribution in [-0.4, -0.2) is 46.9 Å². The van der Waals surface area contributed by atoms with Crippen LogP contribution in [0, 0.1) is 23.0 Å². The molecular weight excluding hydrogens is 408 g/mol. The van der Waals surface area contributed by atoms with E-state index in [1.807, 2.05) is 41.2 Å². The molecule has 2 atom stereocenters. The van der Waals surface area contributed by atoms with Gasteiger partial charge in [-0.15, -0.1) is 0 Å². The lowest BCUT2D eigenvalue weighted by Gasteiger charge is -2.39. The number of hydrogen-bond donors (Lipinski definition) is 0. The quantitative estimate of drug-likeness (QED) is 0.603. The lowest BCUT2D eigenvalue weighted by atomic mass is 10.1. The molecule has 1 saturated carbocycles. The fourth-order valence-electron chi connectivity index (χ4n) is 5.03. The minimum absolute atomic E-state index is 0.316. The molecule has 2 aliphatic rings. The van der Waals surface area contributed by atoms with Crippen molar-refractivity contribution in [2.24, 2.45) is 0 Å². The molecule has 1 aliphatic heterocycles. The van der Waals surface area contributed by atoms with Gasteiger partial charge in [0.05, 0.1) is 23.0 Å². The van der Waals surface area contributed by atoms with Crippen molar-refractivity contribution in [3.05, 3.63) is 71.9 Å². The van der Waals surface area contributed by atoms with Crippen molar-refractivity contribution in [1.82, 2.24) is 14.7 Å². The van der Waals surface area contributed by atoms with Gasteiger partial charge in [0.1, 0.15) is 6.07 Å². The fourth-order valence-corrected chi connectivity index (χ4v) is 5.03. The van der Waals surface area contributed by atoms with E-state index in [9.17, 15) is 14.0 Å². The highest BCUT2D eigenvalue weighted by Gasteiger charge is 2.32. The zero-order valence-corrected chi connectivity index (χ0v) is 17.8. The van der Waals surface area contributed by atoms with Crippen LogP contribution in [0.2, 0.25) is 0 Å². The highest BCUT2D eigenvalue weighted by atomic mass is 19.2. The number of piperazine rings is 1. The number of nitriles is 1. The first-order valence-corrected chi connectivity index (χ1v) is 11.1. The Morgan fingerprint density at radius 3 is 2.47 bits per heavy atom. The van der Waals surface area contributed by atoms with Crippen molar-refractivity contribution in [2.45, 2.75) is 31.3 Å². The Kier molecular flexibility index (Phi) is 5.62. The highest BCUT2D eigenvalue weighted by Crippen LogP contribution is 2.34. The first-order valence-electron chi connectivity index (χ1n) is 11.1. The lowest BCUT2D eigenvalue weighted by Crippen LogP contribution is -2.50. The summed E-state index contributed by atoms with van der Waals surface area (Å²) in [6, 6.07) is 16.7. The van der Waals surface area contributed by atoms with Gasteiger partial charge < -0.3 is 4.90 Å². The summed E-state index contributed by atoms with van der Waals surface area (Å²) < 4.78 is 28.8. The second-order valence-corrected chi connectivity index (χ2v) is 8.58. The molecule has 3 aromatic rings. The molecule has 0 N–H and O–H groups in total. The Hall–Kier alpha value is -3.24. The molecule has 5 rings (SSSR count). The van der Waals surface area contributed by atoms with Crippen LogP contribution in [0.4, 0.5) is 14.5 Å². The molecule has 2 fully saturated rings. The largest absolute Gasteiger partial charge is 0.368 e. The van der Waals surface area contributed by atoms with Gasteiger partial charge in [-0.3, -0.25) is 9.58 Å². The van der Waals surface area contributed by atoms with E-state index in [1.54, 1.807) is 6.07 Å². The van der Waals surface area contributed by atoms with E-state index in [0.29, 0.717) is 23.3 Å². The summed E-state index contributed by atoms with van der Waals surface area (Å²) in [6.07, 6.45) is 5.16. The summed E-state index contributed by atoms with van der Waals surface area (Å²) in [6.45, 7) is 3.80. The van der Waals surface area contributed by atoms with Gasteiger partial charge in [0, 0.05) is 44.0 Å². The third kappa shape index (κ3) is 3.98. The molecule has 164 valence electrons. The summed E-state index contributed by atoms with van der Waals surface area (Å²) in [5.74, 6) is -1.70. The molecule has 0 unspecified atom stereocenters. The van der Waals surface area contributed by atoms with Crippen molar-refractivity contribution in [1.29, 1.82) is 5.26 Å². The topological polar surface area (TPSA) is 48.1 Å². The van der Waals surface area contributed by atoms with Gasteiger partial charge in [-0.25, -0.2) is 8.78 Å². The van der Waals surface area contributed by atoms with Crippen molar-refractivity contribution < 1.29 is 8.78 Å². The predicted molar refractivity (Wildman–Crippen MR) is 119 cm³/mol. The van der Waals surface area contributed by atoms with Crippen molar-refractivity contribution >= 4 is 5.69 Å². The third-order valence-electron chi connectivity index (χ3n) is 6.77. The van der Waals surface area contributed by atoms with Crippen molar-refractivity contribution in [3.63, 3.8) is 0 Å². The van der Waals surface area contributed by atoms with E-state index in [4.69, 9.17) is 0 Å². The zero-order valence-electron chi connectivity index (χ0n) is 17.8. The molecule has 2 aromatic carbocycles. The number of rotatable bonds is 4. The number of nitrogens with zero attached hydrogens (tertiary/aromatic N) is 5. The molecule has 32 heavy (non-hydrogen) atoms. The molecule has 2 heterocycles. The molecule has 5 nitrogen and oxygen atoms in total. The molecule has 0 bridgehead atoms. The van der Waals surface area contributed by atoms with Crippen LogP contribution in [0.1, 0.15) is 30.9 Å². The molecule has 1 saturated heterocycles. The lowest BCUT2D eigenvalue weighted by molar-refractivity contribution is 0.183. The van der Waals surface area contributed by atoms with Gasteiger partial charge in [-0.2, -0.15) is 10.4 Å². The average Bonchev–Trinajstić information content (AvgIpc) is 3.51. The van der Waals surface area contributed by atoms with Gasteiger partial charge in [0.25, 0.3) is 0 Å². The maximum Gasteiger partial charge on any atom is 0.159 e. The van der Waals surface area contributed by atoms with Gasteiger partial charge in [0.2, 0.25) is 0 Å². The number of halogens is 2. The van der Waals surface area contributed by atoms with Gasteiger partial charge in [-0.05, 0) is 55.7 Å². The minimum atomic E-state index is -0.852. The summed E-state index contributed by atoms with van der Waals surface area (Å²) >= 11 is 0. The fraction of sp³-hybridized carbons (Fsp3) is 0.360. The van der Waals surface area contributed by atoms with Gasteiger partial charge in [0.15, 0.2) is 11.6 Å². The van der Waals surface area contributed by atoms with E-state index in [2.05, 4.69) is 21.0 Å². The SMILES string of the molecule is N#Cc1ccccc1N1CCN([C@H]2CC[C@H](n3ccc(-c4ccc(F)c(F)c4)n3)C2)CC1. The summed E-state index contributed by atoms with van der Waals surface area (Å²) in [4.78, 5) is 4.87. The van der Waals surface area contributed by atoms with E-state index in [1.165, 1.54) is 6.07 Å². The Morgan fingerprint density at radius 2 is 1.69 bits per heavy atom. The molecule has 0 amide bonds. The number of hydrogen-bond acceptors (Lipinski definition) is 4. The maximum atomic E-state index is 13.6. The van der Waals surface area contributed by atoms with E-state index < -0.39 is 11.6 Å². The van der Waals surface area contributed by atoms with Gasteiger partial charge >= 0.3 is 0 Å². The smallest absolute Gasteiger partial charge is 0.159 e. The summed E-state index contributed by atoms with van der Waals surface area (Å²) in [5, 5.41) is 14.0. The molecule has 0 radical (unpaired) electrons. The standard InChI is InChI=1S/C25H25F2N5/c26-22-8-5-18(15-23(22)27)24-9-10-32(29-24)21-7-6-20(16-21)30-11-13-31(14-12-30)25-4-2-1-3-19(25)17-28/h1-5,8-10,15,20-21H,6-7,11-14,16H2/t20-,21-/m0/s1. The number of para-hydroxylation sites is 1. The second kappa shape index (κ2) is 8.71. The second-order valence-electron chi connectivity index (χ2n) is 8.58. The minimum Gasteiger partial charge on any atom is -0.368 e. The van der Waals surface area contributed by atoms with E-state index >= 15 is 0 Å². The maximum absolute atomic E-state index is 13.6. The monoisotopic (exact) mass is 433 g/mol. The van der Waals surface area contributed by atoms with Gasteiger partial charge in [-0.1, -0.05) is 12.1 Å². The van der Waals surface area contributed by atoms with Crippen molar-refractivity contribution in [2.75, 3.05) is 31.1 Å². The normalized spacial score (nSPS) is 21.6. The number of aromatic nitrogens is 2. The Balaban J connectivity index is 1.20. The average molecular weight is 434 g/mol. The first kappa shape index (κ1) is 20.7. The number of benzene rings is 2. The zero-order chi connectivity index (χ0) is 22.1. The van der Waals surface area contributed by atoms with Crippen LogP contribution in [0.25, 0.3) is 11.3 Å². The molecule has 7 heteroatoms. The van der Waals surface area contributed by atoms with Crippen LogP contribution in [0.5, 0.6) is 0 Å². The van der Waals surface area contributed by atoms with Crippen LogP contribution < -0.4 is 4.90 Å². The number of anilines is 1.